The molecule has 0 radical (unpaired) electrons. The summed E-state index contributed by atoms with van der Waals surface area (Å²) >= 11 is 1.23. The van der Waals surface area contributed by atoms with Crippen LogP contribution in [0.5, 0.6) is 5.75 Å². The van der Waals surface area contributed by atoms with Crippen LogP contribution < -0.4 is 20.7 Å². The number of nitrogens with zero attached hydrogens (tertiary/aromatic N) is 1. The van der Waals surface area contributed by atoms with Gasteiger partial charge in [0.25, 0.3) is 5.91 Å². The summed E-state index contributed by atoms with van der Waals surface area (Å²) in [5, 5.41) is 19.8. The van der Waals surface area contributed by atoms with Gasteiger partial charge in [-0.1, -0.05) is 60.3 Å². The van der Waals surface area contributed by atoms with Crippen molar-refractivity contribution in [2.75, 3.05) is 23.0 Å². The molecule has 4 rings (SSSR count). The molecule has 0 spiro atoms. The highest BCUT2D eigenvalue weighted by Crippen LogP contribution is 2.41. The Kier molecular flexibility index (Phi) is 8.85. The second-order valence-electron chi connectivity index (χ2n) is 8.48. The minimum Gasteiger partial charge on any atom is -0.494 e. The third-order valence-electron chi connectivity index (χ3n) is 5.85. The first kappa shape index (κ1) is 26.6. The van der Waals surface area contributed by atoms with Crippen molar-refractivity contribution in [3.8, 4) is 11.8 Å². The number of carbonyl (C=O) groups excluding carboxylic acids is 2. The lowest BCUT2D eigenvalue weighted by Crippen LogP contribution is -2.31. The SMILES string of the molecule is CCOc1ccc([C@H]2C(C#N)=C(SCC(=O)Nc3ccccc3)NC(C)=C2C(=O)Nc2ccccc2)cc1. The first-order valence-corrected chi connectivity index (χ1v) is 13.2. The van der Waals surface area contributed by atoms with Crippen LogP contribution in [-0.4, -0.2) is 24.2 Å². The molecule has 1 aliphatic heterocycles. The summed E-state index contributed by atoms with van der Waals surface area (Å²) in [4.78, 5) is 26.1. The van der Waals surface area contributed by atoms with E-state index in [0.29, 0.717) is 45.6 Å². The number of anilines is 2. The summed E-state index contributed by atoms with van der Waals surface area (Å²) in [5.41, 5.74) is 3.55. The maximum Gasteiger partial charge on any atom is 0.254 e. The van der Waals surface area contributed by atoms with E-state index in [0.717, 1.165) is 5.56 Å². The zero-order valence-electron chi connectivity index (χ0n) is 21.2. The smallest absolute Gasteiger partial charge is 0.254 e. The Morgan fingerprint density at radius 3 is 2.13 bits per heavy atom. The van der Waals surface area contributed by atoms with Gasteiger partial charge in [0.15, 0.2) is 0 Å². The Balaban J connectivity index is 1.64. The minimum absolute atomic E-state index is 0.0945. The Morgan fingerprint density at radius 2 is 1.55 bits per heavy atom. The number of amides is 2. The molecule has 1 atom stereocenters. The van der Waals surface area contributed by atoms with Crippen LogP contribution in [0.4, 0.5) is 11.4 Å². The Hall–Kier alpha value is -4.48. The van der Waals surface area contributed by atoms with Crippen LogP contribution >= 0.6 is 11.8 Å². The van der Waals surface area contributed by atoms with Crippen molar-refractivity contribution in [1.82, 2.24) is 5.32 Å². The maximum atomic E-state index is 13.5. The van der Waals surface area contributed by atoms with E-state index in [9.17, 15) is 14.9 Å². The Labute approximate surface area is 226 Å². The summed E-state index contributed by atoms with van der Waals surface area (Å²) in [6.07, 6.45) is 0. The number of allylic oxidation sites excluding steroid dienone is 2. The van der Waals surface area contributed by atoms with Crippen molar-refractivity contribution >= 4 is 35.0 Å². The number of ether oxygens (including phenoxy) is 1. The third kappa shape index (κ3) is 6.44. The molecule has 8 heteroatoms. The number of benzene rings is 3. The number of thioether (sulfide) groups is 1. The molecule has 0 aromatic heterocycles. The molecule has 3 aromatic rings. The van der Waals surface area contributed by atoms with Crippen LogP contribution in [0.15, 0.2) is 107 Å². The quantitative estimate of drug-likeness (QED) is 0.327. The van der Waals surface area contributed by atoms with E-state index >= 15 is 0 Å². The van der Waals surface area contributed by atoms with Gasteiger partial charge < -0.3 is 20.7 Å². The van der Waals surface area contributed by atoms with Gasteiger partial charge in [0.05, 0.1) is 34.9 Å². The molecule has 1 aliphatic rings. The largest absolute Gasteiger partial charge is 0.494 e. The lowest BCUT2D eigenvalue weighted by Gasteiger charge is -2.30. The van der Waals surface area contributed by atoms with E-state index in [1.165, 1.54) is 11.8 Å². The van der Waals surface area contributed by atoms with Crippen molar-refractivity contribution in [2.45, 2.75) is 19.8 Å². The minimum atomic E-state index is -0.625. The van der Waals surface area contributed by atoms with E-state index in [2.05, 4.69) is 22.0 Å². The molecule has 192 valence electrons. The fourth-order valence-electron chi connectivity index (χ4n) is 4.16. The highest BCUT2D eigenvalue weighted by molar-refractivity contribution is 8.03. The molecule has 0 bridgehead atoms. The van der Waals surface area contributed by atoms with Crippen LogP contribution in [-0.2, 0) is 9.59 Å². The van der Waals surface area contributed by atoms with Gasteiger partial charge >= 0.3 is 0 Å². The van der Waals surface area contributed by atoms with Crippen LogP contribution in [0.3, 0.4) is 0 Å². The van der Waals surface area contributed by atoms with Gasteiger partial charge in [-0.25, -0.2) is 0 Å². The van der Waals surface area contributed by atoms with E-state index in [4.69, 9.17) is 4.74 Å². The first-order chi connectivity index (χ1) is 18.5. The number of hydrogen-bond donors (Lipinski definition) is 3. The predicted molar refractivity (Wildman–Crippen MR) is 151 cm³/mol. The van der Waals surface area contributed by atoms with E-state index in [1.54, 1.807) is 6.92 Å². The molecule has 0 aliphatic carbocycles. The fourth-order valence-corrected chi connectivity index (χ4v) is 5.05. The van der Waals surface area contributed by atoms with Crippen LogP contribution in [0.1, 0.15) is 25.3 Å². The van der Waals surface area contributed by atoms with Gasteiger partial charge in [0.1, 0.15) is 5.75 Å². The van der Waals surface area contributed by atoms with Crippen LogP contribution in [0, 0.1) is 11.3 Å². The van der Waals surface area contributed by atoms with Crippen molar-refractivity contribution in [2.24, 2.45) is 0 Å². The van der Waals surface area contributed by atoms with Crippen LogP contribution in [0.2, 0.25) is 0 Å². The third-order valence-corrected chi connectivity index (χ3v) is 6.87. The van der Waals surface area contributed by atoms with Crippen LogP contribution in [0.25, 0.3) is 0 Å². The second kappa shape index (κ2) is 12.7. The van der Waals surface area contributed by atoms with Crippen molar-refractivity contribution in [1.29, 1.82) is 5.26 Å². The lowest BCUT2D eigenvalue weighted by molar-refractivity contribution is -0.114. The Bertz CT molecular complexity index is 1390. The number of nitriles is 1. The number of rotatable bonds is 9. The van der Waals surface area contributed by atoms with Crippen molar-refractivity contribution in [3.05, 3.63) is 112 Å². The highest BCUT2D eigenvalue weighted by atomic mass is 32.2. The summed E-state index contributed by atoms with van der Waals surface area (Å²) in [6, 6.07) is 28.1. The fraction of sp³-hybridized carbons (Fsp3) is 0.167. The zero-order valence-corrected chi connectivity index (χ0v) is 22.0. The van der Waals surface area contributed by atoms with Gasteiger partial charge in [-0.15, -0.1) is 0 Å². The second-order valence-corrected chi connectivity index (χ2v) is 9.46. The molecule has 3 aromatic carbocycles. The molecule has 0 saturated carbocycles. The first-order valence-electron chi connectivity index (χ1n) is 12.2. The number of nitrogens with one attached hydrogen (secondary N) is 3. The molecule has 0 unspecified atom stereocenters. The molecular weight excluding hydrogens is 496 g/mol. The maximum absolute atomic E-state index is 13.5. The molecule has 3 N–H and O–H groups in total. The predicted octanol–water partition coefficient (Wildman–Crippen LogP) is 5.79. The van der Waals surface area contributed by atoms with Crippen molar-refractivity contribution < 1.29 is 14.3 Å². The molecule has 1 heterocycles. The number of carbonyl (C=O) groups is 2. The number of hydrogen-bond acceptors (Lipinski definition) is 6. The van der Waals surface area contributed by atoms with E-state index < -0.39 is 5.92 Å². The molecule has 7 nitrogen and oxygen atoms in total. The monoisotopic (exact) mass is 524 g/mol. The van der Waals surface area contributed by atoms with E-state index in [-0.39, 0.29) is 17.6 Å². The highest BCUT2D eigenvalue weighted by Gasteiger charge is 2.35. The van der Waals surface area contributed by atoms with E-state index in [1.807, 2.05) is 91.9 Å². The summed E-state index contributed by atoms with van der Waals surface area (Å²) in [6.45, 7) is 4.25. The lowest BCUT2D eigenvalue weighted by atomic mass is 9.82. The Morgan fingerprint density at radius 1 is 0.947 bits per heavy atom. The van der Waals surface area contributed by atoms with Crippen molar-refractivity contribution in [3.63, 3.8) is 0 Å². The zero-order chi connectivity index (χ0) is 26.9. The molecule has 0 fully saturated rings. The number of dihydropyridines is 1. The molecule has 0 saturated heterocycles. The van der Waals surface area contributed by atoms with Gasteiger partial charge in [-0.2, -0.15) is 5.26 Å². The molecular formula is C30H28N4O3S. The molecule has 2 amide bonds. The average molecular weight is 525 g/mol. The topological polar surface area (TPSA) is 103 Å². The van der Waals surface area contributed by atoms with Gasteiger partial charge in [0.2, 0.25) is 5.91 Å². The van der Waals surface area contributed by atoms with Gasteiger partial charge in [0, 0.05) is 22.6 Å². The summed E-state index contributed by atoms with van der Waals surface area (Å²) in [5.74, 6) is -0.327. The summed E-state index contributed by atoms with van der Waals surface area (Å²) < 4.78 is 5.58. The van der Waals surface area contributed by atoms with Gasteiger partial charge in [-0.3, -0.25) is 9.59 Å². The number of para-hydroxylation sites is 2. The average Bonchev–Trinajstić information content (AvgIpc) is 2.93. The standard InChI is InChI=1S/C30H28N4O3S/c1-3-37-24-16-14-21(15-17-24)28-25(18-31)30(38-19-26(35)33-22-10-6-4-7-11-22)32-20(2)27(28)29(36)34-23-12-8-5-9-13-23/h4-17,28,32H,3,19H2,1-2H3,(H,33,35)(H,34,36)/t28-/m0/s1. The molecule has 38 heavy (non-hydrogen) atoms. The van der Waals surface area contributed by atoms with Gasteiger partial charge in [-0.05, 0) is 55.8 Å². The normalized spacial score (nSPS) is 14.8. The summed E-state index contributed by atoms with van der Waals surface area (Å²) in [7, 11) is 0.